The minimum atomic E-state index is -0.845. The van der Waals surface area contributed by atoms with Crippen LogP contribution in [0.25, 0.3) is 0 Å². The third kappa shape index (κ3) is 3.99. The van der Waals surface area contributed by atoms with Crippen molar-refractivity contribution >= 4 is 8.41 Å². The molecule has 16 heavy (non-hydrogen) atoms. The number of ether oxygens (including phenoxy) is 1. The summed E-state index contributed by atoms with van der Waals surface area (Å²) in [4.78, 5) is 0. The van der Waals surface area contributed by atoms with Crippen LogP contribution in [0, 0.1) is 0 Å². The Bertz CT molecular complexity index is 301. The van der Waals surface area contributed by atoms with Crippen molar-refractivity contribution in [1.29, 1.82) is 0 Å². The molecule has 0 aliphatic rings. The van der Waals surface area contributed by atoms with Gasteiger partial charge in [0.1, 0.15) is 0 Å². The molecule has 0 spiro atoms. The third-order valence-electron chi connectivity index (χ3n) is 2.92. The molecule has 0 saturated heterocycles. The fourth-order valence-corrected chi connectivity index (χ4v) is 1.01. The molecule has 0 heterocycles. The highest BCUT2D eigenvalue weighted by Gasteiger charge is 2.35. The van der Waals surface area contributed by atoms with Crippen molar-refractivity contribution in [2.24, 2.45) is 0 Å². The van der Waals surface area contributed by atoms with Crippen molar-refractivity contribution in [2.45, 2.75) is 45.5 Å². The van der Waals surface area contributed by atoms with Crippen LogP contribution in [0.5, 0.6) is 0 Å². The monoisotopic (exact) mass is 219 g/mol. The molecular formula is C13H20BO2. The van der Waals surface area contributed by atoms with Gasteiger partial charge in [0.15, 0.2) is 0 Å². The molecule has 0 aromatic heterocycles. The molecule has 0 amide bonds. The van der Waals surface area contributed by atoms with Gasteiger partial charge in [-0.25, -0.2) is 0 Å². The van der Waals surface area contributed by atoms with Crippen LogP contribution >= 0.6 is 0 Å². The quantitative estimate of drug-likeness (QED) is 0.787. The molecule has 0 atom stereocenters. The zero-order valence-corrected chi connectivity index (χ0v) is 10.5. The second-order valence-electron chi connectivity index (χ2n) is 4.84. The summed E-state index contributed by atoms with van der Waals surface area (Å²) >= 11 is 0. The minimum Gasteiger partial charge on any atom is -0.387 e. The number of aliphatic hydroxyl groups is 1. The Balaban J connectivity index is 0.00000225. The fraction of sp³-hybridized carbons (Fsp3) is 0.538. The Morgan fingerprint density at radius 3 is 2.00 bits per heavy atom. The molecular weight excluding hydrogens is 199 g/mol. The van der Waals surface area contributed by atoms with Crippen molar-refractivity contribution in [3.05, 3.63) is 35.9 Å². The molecule has 0 unspecified atom stereocenters. The molecule has 87 valence electrons. The van der Waals surface area contributed by atoms with Gasteiger partial charge in [0, 0.05) is 8.41 Å². The average molecular weight is 219 g/mol. The summed E-state index contributed by atoms with van der Waals surface area (Å²) in [5.74, 6) is 0. The van der Waals surface area contributed by atoms with E-state index in [2.05, 4.69) is 0 Å². The Hall–Kier alpha value is -0.795. The summed E-state index contributed by atoms with van der Waals surface area (Å²) in [6, 6.07) is 9.97. The molecule has 2 nitrogen and oxygen atoms in total. The fourth-order valence-electron chi connectivity index (χ4n) is 1.01. The van der Waals surface area contributed by atoms with Crippen LogP contribution in [0.1, 0.15) is 33.3 Å². The molecule has 0 bridgehead atoms. The highest BCUT2D eigenvalue weighted by atomic mass is 16.5. The van der Waals surface area contributed by atoms with E-state index in [1.54, 1.807) is 13.8 Å². The normalized spacial score (nSPS) is 12.1. The van der Waals surface area contributed by atoms with E-state index in [-0.39, 0.29) is 8.41 Å². The van der Waals surface area contributed by atoms with Crippen LogP contribution in [0.3, 0.4) is 0 Å². The van der Waals surface area contributed by atoms with Gasteiger partial charge in [-0.1, -0.05) is 30.3 Å². The summed E-state index contributed by atoms with van der Waals surface area (Å²) in [5.41, 5.74) is -0.278. The Morgan fingerprint density at radius 2 is 1.56 bits per heavy atom. The van der Waals surface area contributed by atoms with Gasteiger partial charge in [0.2, 0.25) is 0 Å². The molecule has 1 rings (SSSR count). The Labute approximate surface area is 100 Å². The van der Waals surface area contributed by atoms with Gasteiger partial charge in [-0.15, -0.1) is 0 Å². The van der Waals surface area contributed by atoms with Gasteiger partial charge in [0.25, 0.3) is 0 Å². The van der Waals surface area contributed by atoms with Crippen LogP contribution in [0.15, 0.2) is 30.3 Å². The van der Waals surface area contributed by atoms with E-state index in [0.717, 1.165) is 5.56 Å². The second kappa shape index (κ2) is 5.51. The molecule has 3 radical (unpaired) electrons. The van der Waals surface area contributed by atoms with Crippen molar-refractivity contribution in [1.82, 2.24) is 0 Å². The van der Waals surface area contributed by atoms with Crippen molar-refractivity contribution in [3.8, 4) is 0 Å². The van der Waals surface area contributed by atoms with Crippen molar-refractivity contribution in [3.63, 3.8) is 0 Å². The van der Waals surface area contributed by atoms with Crippen LogP contribution in [0.4, 0.5) is 0 Å². The number of rotatable bonds is 4. The predicted octanol–water partition coefficient (Wildman–Crippen LogP) is 2.37. The van der Waals surface area contributed by atoms with Crippen molar-refractivity contribution < 1.29 is 9.84 Å². The lowest BCUT2D eigenvalue weighted by atomic mass is 9.89. The number of benzene rings is 1. The van der Waals surface area contributed by atoms with Gasteiger partial charge in [-0.2, -0.15) is 0 Å². The first-order valence-corrected chi connectivity index (χ1v) is 5.23. The highest BCUT2D eigenvalue weighted by Crippen LogP contribution is 2.26. The highest BCUT2D eigenvalue weighted by molar-refractivity contribution is 5.75. The zero-order valence-electron chi connectivity index (χ0n) is 10.5. The lowest BCUT2D eigenvalue weighted by Gasteiger charge is -2.37. The van der Waals surface area contributed by atoms with Gasteiger partial charge in [-0.05, 0) is 33.3 Å². The van der Waals surface area contributed by atoms with Crippen molar-refractivity contribution in [2.75, 3.05) is 0 Å². The molecule has 1 aromatic rings. The number of hydrogen-bond acceptors (Lipinski definition) is 2. The molecule has 1 N–H and O–H groups in total. The largest absolute Gasteiger partial charge is 0.387 e. The van der Waals surface area contributed by atoms with E-state index in [4.69, 9.17) is 4.74 Å². The minimum absolute atomic E-state index is 0. The maximum Gasteiger partial charge on any atom is 0.0911 e. The van der Waals surface area contributed by atoms with Crippen LogP contribution < -0.4 is 0 Å². The first-order valence-electron chi connectivity index (χ1n) is 5.23. The zero-order chi connectivity index (χ0) is 11.5. The average Bonchev–Trinajstić information content (AvgIpc) is 2.15. The van der Waals surface area contributed by atoms with Gasteiger partial charge in [0.05, 0.1) is 17.8 Å². The Kier molecular flexibility index (Phi) is 5.23. The standard InChI is InChI=1S/C13H20O2.B/c1-12(2,14)13(3,4)15-10-11-8-6-5-7-9-11;/h5-9,14H,10H2,1-4H3;. The summed E-state index contributed by atoms with van der Waals surface area (Å²) in [6.07, 6.45) is 0. The smallest absolute Gasteiger partial charge is 0.0911 e. The predicted molar refractivity (Wildman–Crippen MR) is 67.4 cm³/mol. The summed E-state index contributed by atoms with van der Waals surface area (Å²) in [5, 5.41) is 9.90. The summed E-state index contributed by atoms with van der Waals surface area (Å²) < 4.78 is 5.73. The first kappa shape index (κ1) is 15.2. The molecule has 0 aliphatic carbocycles. The van der Waals surface area contributed by atoms with E-state index < -0.39 is 11.2 Å². The number of hydrogen-bond donors (Lipinski definition) is 1. The van der Waals surface area contributed by atoms with Gasteiger partial charge >= 0.3 is 0 Å². The summed E-state index contributed by atoms with van der Waals surface area (Å²) in [7, 11) is 0. The second-order valence-corrected chi connectivity index (χ2v) is 4.84. The maximum atomic E-state index is 9.90. The molecule has 3 heteroatoms. The van der Waals surface area contributed by atoms with Gasteiger partial charge < -0.3 is 9.84 Å². The van der Waals surface area contributed by atoms with Gasteiger partial charge in [-0.3, -0.25) is 0 Å². The Morgan fingerprint density at radius 1 is 1.06 bits per heavy atom. The lowest BCUT2D eigenvalue weighted by molar-refractivity contribution is -0.153. The lowest BCUT2D eigenvalue weighted by Crippen LogP contribution is -2.47. The summed E-state index contributed by atoms with van der Waals surface area (Å²) in [6.45, 7) is 7.85. The molecule has 0 aliphatic heterocycles. The van der Waals surface area contributed by atoms with E-state index in [9.17, 15) is 5.11 Å². The van der Waals surface area contributed by atoms with Crippen LogP contribution in [-0.4, -0.2) is 24.7 Å². The molecule has 0 saturated carbocycles. The van der Waals surface area contributed by atoms with E-state index >= 15 is 0 Å². The van der Waals surface area contributed by atoms with E-state index in [1.807, 2.05) is 44.2 Å². The molecule has 1 aromatic carbocycles. The SMILES string of the molecule is CC(C)(O)C(C)(C)OCc1ccccc1.[B]. The van der Waals surface area contributed by atoms with Crippen LogP contribution in [0.2, 0.25) is 0 Å². The first-order chi connectivity index (χ1) is 6.83. The maximum absolute atomic E-state index is 9.90. The van der Waals surface area contributed by atoms with E-state index in [1.165, 1.54) is 0 Å². The van der Waals surface area contributed by atoms with E-state index in [0.29, 0.717) is 6.61 Å². The van der Waals surface area contributed by atoms with Crippen LogP contribution in [-0.2, 0) is 11.3 Å². The third-order valence-corrected chi connectivity index (χ3v) is 2.92. The topological polar surface area (TPSA) is 29.5 Å². The molecule has 0 fully saturated rings.